The number of benzene rings is 1. The maximum absolute atomic E-state index is 12.8. The Bertz CT molecular complexity index is 585. The third-order valence-electron chi connectivity index (χ3n) is 3.12. The maximum atomic E-state index is 12.8. The van der Waals surface area contributed by atoms with Crippen LogP contribution in [-0.4, -0.2) is 10.9 Å². The van der Waals surface area contributed by atoms with Crippen LogP contribution in [0, 0.1) is 5.82 Å². The van der Waals surface area contributed by atoms with Crippen molar-refractivity contribution in [1.29, 1.82) is 0 Å². The fourth-order valence-electron chi connectivity index (χ4n) is 2.19. The third-order valence-corrected chi connectivity index (χ3v) is 4.19. The Morgan fingerprint density at radius 1 is 1.32 bits per heavy atom. The lowest BCUT2D eigenvalue weighted by atomic mass is 10.1. The molecule has 0 radical (unpaired) electrons. The zero-order chi connectivity index (χ0) is 13.2. The van der Waals surface area contributed by atoms with Crippen LogP contribution in [-0.2, 0) is 24.1 Å². The van der Waals surface area contributed by atoms with Crippen LogP contribution in [0.3, 0.4) is 0 Å². The highest BCUT2D eigenvalue weighted by atomic mass is 32.1. The molecule has 0 fully saturated rings. The third kappa shape index (κ3) is 2.81. The van der Waals surface area contributed by atoms with Crippen molar-refractivity contribution in [2.75, 3.05) is 5.32 Å². The molecule has 0 saturated heterocycles. The molecule has 3 rings (SSSR count). The summed E-state index contributed by atoms with van der Waals surface area (Å²) in [6.45, 7) is 0. The number of nitrogens with one attached hydrogen (secondary N) is 1. The number of aryl methyl sites for hydroxylation is 2. The first-order valence-corrected chi connectivity index (χ1v) is 7.05. The number of carbonyl (C=O) groups is 1. The van der Waals surface area contributed by atoms with Gasteiger partial charge in [0.15, 0.2) is 5.13 Å². The van der Waals surface area contributed by atoms with Crippen LogP contribution in [0.15, 0.2) is 24.3 Å². The van der Waals surface area contributed by atoms with Crippen molar-refractivity contribution in [3.8, 4) is 0 Å². The van der Waals surface area contributed by atoms with Gasteiger partial charge in [-0.3, -0.25) is 4.79 Å². The van der Waals surface area contributed by atoms with Crippen molar-refractivity contribution in [3.05, 3.63) is 46.2 Å². The highest BCUT2D eigenvalue weighted by Crippen LogP contribution is 2.30. The second-order valence-corrected chi connectivity index (χ2v) is 5.68. The highest BCUT2D eigenvalue weighted by Gasteiger charge is 2.17. The van der Waals surface area contributed by atoms with Crippen LogP contribution in [0.2, 0.25) is 0 Å². The van der Waals surface area contributed by atoms with Gasteiger partial charge in [-0.1, -0.05) is 12.1 Å². The van der Waals surface area contributed by atoms with Crippen molar-refractivity contribution in [1.82, 2.24) is 4.98 Å². The van der Waals surface area contributed by atoms with Gasteiger partial charge in [0.2, 0.25) is 5.91 Å². The lowest BCUT2D eigenvalue weighted by molar-refractivity contribution is -0.115. The van der Waals surface area contributed by atoms with Gasteiger partial charge >= 0.3 is 0 Å². The number of hydrogen-bond acceptors (Lipinski definition) is 3. The van der Waals surface area contributed by atoms with E-state index in [-0.39, 0.29) is 18.1 Å². The molecular weight excluding hydrogens is 263 g/mol. The van der Waals surface area contributed by atoms with E-state index < -0.39 is 0 Å². The number of carbonyl (C=O) groups excluding carboxylic acids is 1. The first-order chi connectivity index (χ1) is 9.20. The van der Waals surface area contributed by atoms with Crippen molar-refractivity contribution in [2.45, 2.75) is 25.7 Å². The largest absolute Gasteiger partial charge is 0.302 e. The van der Waals surface area contributed by atoms with Gasteiger partial charge in [0.05, 0.1) is 12.1 Å². The lowest BCUT2D eigenvalue weighted by Crippen LogP contribution is -2.14. The van der Waals surface area contributed by atoms with Crippen LogP contribution in [0.25, 0.3) is 0 Å². The van der Waals surface area contributed by atoms with E-state index in [0.29, 0.717) is 5.13 Å². The number of thiazole rings is 1. The Morgan fingerprint density at radius 3 is 2.84 bits per heavy atom. The number of anilines is 1. The van der Waals surface area contributed by atoms with E-state index in [2.05, 4.69) is 10.3 Å². The van der Waals surface area contributed by atoms with E-state index in [4.69, 9.17) is 0 Å². The van der Waals surface area contributed by atoms with E-state index in [1.807, 2.05) is 0 Å². The summed E-state index contributed by atoms with van der Waals surface area (Å²) in [5, 5.41) is 3.49. The minimum Gasteiger partial charge on any atom is -0.302 e. The molecule has 2 aromatic rings. The Hall–Kier alpha value is -1.75. The van der Waals surface area contributed by atoms with Crippen molar-refractivity contribution >= 4 is 22.4 Å². The average molecular weight is 276 g/mol. The summed E-state index contributed by atoms with van der Waals surface area (Å²) in [5.74, 6) is -0.403. The summed E-state index contributed by atoms with van der Waals surface area (Å²) in [6.07, 6.45) is 3.49. The molecule has 98 valence electrons. The number of halogens is 1. The fraction of sp³-hybridized carbons (Fsp3) is 0.286. The van der Waals surface area contributed by atoms with Gasteiger partial charge in [0.1, 0.15) is 5.82 Å². The molecule has 1 aliphatic carbocycles. The Kier molecular flexibility index (Phi) is 3.29. The highest BCUT2D eigenvalue weighted by molar-refractivity contribution is 7.15. The molecule has 1 aromatic carbocycles. The number of rotatable bonds is 3. The quantitative estimate of drug-likeness (QED) is 0.936. The molecule has 1 aliphatic rings. The number of fused-ring (bicyclic) bond motifs is 1. The van der Waals surface area contributed by atoms with Gasteiger partial charge in [0.25, 0.3) is 0 Å². The van der Waals surface area contributed by atoms with E-state index in [0.717, 1.165) is 30.5 Å². The number of nitrogens with zero attached hydrogens (tertiary/aromatic N) is 1. The summed E-state index contributed by atoms with van der Waals surface area (Å²) >= 11 is 1.56. The van der Waals surface area contributed by atoms with E-state index in [9.17, 15) is 9.18 Å². The second kappa shape index (κ2) is 5.09. The molecule has 1 amide bonds. The number of amides is 1. The van der Waals surface area contributed by atoms with Crippen LogP contribution in [0.5, 0.6) is 0 Å². The van der Waals surface area contributed by atoms with Crippen LogP contribution >= 0.6 is 11.3 Å². The molecule has 0 aliphatic heterocycles. The van der Waals surface area contributed by atoms with Gasteiger partial charge in [-0.15, -0.1) is 11.3 Å². The molecular formula is C14H13FN2OS. The first kappa shape index (κ1) is 12.3. The van der Waals surface area contributed by atoms with Gasteiger partial charge in [-0.25, -0.2) is 9.37 Å². The first-order valence-electron chi connectivity index (χ1n) is 6.23. The monoisotopic (exact) mass is 276 g/mol. The number of hydrogen-bond donors (Lipinski definition) is 1. The predicted octanol–water partition coefficient (Wildman–Crippen LogP) is 2.95. The zero-order valence-corrected chi connectivity index (χ0v) is 11.1. The number of aromatic nitrogens is 1. The molecule has 0 saturated carbocycles. The maximum Gasteiger partial charge on any atom is 0.230 e. The lowest BCUT2D eigenvalue weighted by Gasteiger charge is -2.02. The summed E-state index contributed by atoms with van der Waals surface area (Å²) in [4.78, 5) is 17.6. The normalized spacial score (nSPS) is 13.3. The second-order valence-electron chi connectivity index (χ2n) is 4.59. The Morgan fingerprint density at radius 2 is 2.11 bits per heavy atom. The van der Waals surface area contributed by atoms with Gasteiger partial charge in [0, 0.05) is 4.88 Å². The predicted molar refractivity (Wildman–Crippen MR) is 72.9 cm³/mol. The van der Waals surface area contributed by atoms with Gasteiger partial charge in [-0.2, -0.15) is 0 Å². The smallest absolute Gasteiger partial charge is 0.230 e. The van der Waals surface area contributed by atoms with Crippen molar-refractivity contribution in [2.24, 2.45) is 0 Å². The van der Waals surface area contributed by atoms with Crippen molar-refractivity contribution in [3.63, 3.8) is 0 Å². The minimum absolute atomic E-state index is 0.112. The summed E-state index contributed by atoms with van der Waals surface area (Å²) < 4.78 is 12.8. The van der Waals surface area contributed by atoms with E-state index in [1.54, 1.807) is 23.5 Å². The van der Waals surface area contributed by atoms with Crippen molar-refractivity contribution < 1.29 is 9.18 Å². The summed E-state index contributed by atoms with van der Waals surface area (Å²) in [5.41, 5.74) is 1.92. The molecule has 3 nitrogen and oxygen atoms in total. The topological polar surface area (TPSA) is 42.0 Å². The standard InChI is InChI=1S/C14H13FN2OS/c15-10-6-4-9(5-7-10)8-13(18)17-14-16-11-2-1-3-12(11)19-14/h4-7H,1-3,8H2,(H,16,17,18). The van der Waals surface area contributed by atoms with E-state index >= 15 is 0 Å². The van der Waals surface area contributed by atoms with Crippen LogP contribution in [0.4, 0.5) is 9.52 Å². The van der Waals surface area contributed by atoms with E-state index in [1.165, 1.54) is 17.0 Å². The SMILES string of the molecule is O=C(Cc1ccc(F)cc1)Nc1nc2c(s1)CCC2. The summed E-state index contributed by atoms with van der Waals surface area (Å²) in [7, 11) is 0. The summed E-state index contributed by atoms with van der Waals surface area (Å²) in [6, 6.07) is 5.97. The molecule has 0 unspecified atom stereocenters. The van der Waals surface area contributed by atoms with Crippen LogP contribution < -0.4 is 5.32 Å². The molecule has 5 heteroatoms. The molecule has 19 heavy (non-hydrogen) atoms. The average Bonchev–Trinajstić information content (AvgIpc) is 2.92. The minimum atomic E-state index is -0.291. The van der Waals surface area contributed by atoms with Gasteiger partial charge in [-0.05, 0) is 37.0 Å². The molecule has 0 bridgehead atoms. The Balaban J connectivity index is 1.63. The molecule has 1 aromatic heterocycles. The molecule has 1 N–H and O–H groups in total. The van der Waals surface area contributed by atoms with Crippen LogP contribution in [0.1, 0.15) is 22.6 Å². The molecule has 0 atom stereocenters. The zero-order valence-electron chi connectivity index (χ0n) is 10.3. The molecule has 1 heterocycles. The molecule has 0 spiro atoms. The fourth-order valence-corrected chi connectivity index (χ4v) is 3.26. The Labute approximate surface area is 114 Å². The van der Waals surface area contributed by atoms with Gasteiger partial charge < -0.3 is 5.32 Å².